The van der Waals surface area contributed by atoms with E-state index in [1.54, 1.807) is 0 Å². The molecule has 3 N–H and O–H groups in total. The van der Waals surface area contributed by atoms with Gasteiger partial charge in [0.05, 0.1) is 12.6 Å². The van der Waals surface area contributed by atoms with Crippen molar-refractivity contribution >= 4 is 35.8 Å². The number of aliphatic imine (C=N–C) groups is 1. The monoisotopic (exact) mass is 532 g/mol. The number of halogens is 1. The second kappa shape index (κ2) is 15.3. The molecule has 1 unspecified atom stereocenters. The van der Waals surface area contributed by atoms with Crippen molar-refractivity contribution in [2.45, 2.75) is 59.1 Å². The first kappa shape index (κ1) is 26.5. The van der Waals surface area contributed by atoms with Crippen LogP contribution in [0.1, 0.15) is 50.7 Å². The Morgan fingerprint density at radius 2 is 2.07 bits per heavy atom. The van der Waals surface area contributed by atoms with E-state index in [2.05, 4.69) is 46.1 Å². The van der Waals surface area contributed by atoms with Gasteiger partial charge in [-0.1, -0.05) is 19.1 Å². The van der Waals surface area contributed by atoms with E-state index in [0.717, 1.165) is 55.8 Å². The second-order valence-corrected chi connectivity index (χ2v) is 7.28. The summed E-state index contributed by atoms with van der Waals surface area (Å²) in [6, 6.07) is 6.19. The molecule has 7 nitrogen and oxygen atoms in total. The third-order valence-corrected chi connectivity index (χ3v) is 4.64. The number of hydrogen-bond donors (Lipinski definition) is 3. The first-order chi connectivity index (χ1) is 14.1. The maximum atomic E-state index is 11.7. The quantitative estimate of drug-likeness (QED) is 0.232. The molecule has 1 aliphatic heterocycles. The van der Waals surface area contributed by atoms with E-state index >= 15 is 0 Å². The summed E-state index contributed by atoms with van der Waals surface area (Å²) in [7, 11) is 0. The van der Waals surface area contributed by atoms with Crippen molar-refractivity contribution in [2.24, 2.45) is 4.99 Å². The lowest BCUT2D eigenvalue weighted by molar-refractivity contribution is -0.120. The number of hydrogen-bond acceptors (Lipinski definition) is 4. The fraction of sp³-hybridized carbons (Fsp3) is 0.636. The molecule has 1 saturated heterocycles. The fourth-order valence-electron chi connectivity index (χ4n) is 3.04. The van der Waals surface area contributed by atoms with Gasteiger partial charge in [0.25, 0.3) is 0 Å². The van der Waals surface area contributed by atoms with E-state index < -0.39 is 0 Å². The van der Waals surface area contributed by atoms with Gasteiger partial charge in [0.1, 0.15) is 12.4 Å². The number of benzene rings is 1. The predicted molar refractivity (Wildman–Crippen MR) is 132 cm³/mol. The van der Waals surface area contributed by atoms with Crippen molar-refractivity contribution < 1.29 is 14.3 Å². The van der Waals surface area contributed by atoms with Gasteiger partial charge in [0.15, 0.2) is 5.96 Å². The summed E-state index contributed by atoms with van der Waals surface area (Å²) in [6.45, 7) is 10.0. The van der Waals surface area contributed by atoms with Gasteiger partial charge in [-0.15, -0.1) is 24.0 Å². The maximum absolute atomic E-state index is 11.7. The van der Waals surface area contributed by atoms with Crippen LogP contribution in [0.25, 0.3) is 0 Å². The molecule has 0 aliphatic carbocycles. The van der Waals surface area contributed by atoms with Crippen molar-refractivity contribution in [1.82, 2.24) is 16.0 Å². The second-order valence-electron chi connectivity index (χ2n) is 7.28. The van der Waals surface area contributed by atoms with Crippen LogP contribution in [0.15, 0.2) is 23.2 Å². The number of amides is 1. The van der Waals surface area contributed by atoms with Crippen molar-refractivity contribution in [3.05, 3.63) is 29.3 Å². The van der Waals surface area contributed by atoms with Crippen LogP contribution in [0.5, 0.6) is 5.75 Å². The van der Waals surface area contributed by atoms with Crippen LogP contribution in [0.4, 0.5) is 0 Å². The zero-order chi connectivity index (χ0) is 20.9. The molecule has 1 aliphatic rings. The summed E-state index contributed by atoms with van der Waals surface area (Å²) < 4.78 is 11.7. The van der Waals surface area contributed by atoms with Crippen LogP contribution < -0.4 is 20.7 Å². The van der Waals surface area contributed by atoms with E-state index in [1.807, 2.05) is 13.8 Å². The molecular formula is C22H37IN4O3. The lowest BCUT2D eigenvalue weighted by Crippen LogP contribution is -2.39. The SMILES string of the molecule is CCCNC(=O)CCNC(=NCc1ccc(C)cc1OCC1CCCO1)NCC.I. The Hall–Kier alpha value is -1.55. The summed E-state index contributed by atoms with van der Waals surface area (Å²) in [5.41, 5.74) is 2.19. The molecule has 30 heavy (non-hydrogen) atoms. The van der Waals surface area contributed by atoms with Gasteiger partial charge in [-0.05, 0) is 44.7 Å². The molecule has 0 bridgehead atoms. The van der Waals surface area contributed by atoms with Gasteiger partial charge in [-0.3, -0.25) is 4.79 Å². The first-order valence-electron chi connectivity index (χ1n) is 10.7. The van der Waals surface area contributed by atoms with E-state index in [4.69, 9.17) is 9.47 Å². The van der Waals surface area contributed by atoms with Crippen LogP contribution >= 0.6 is 24.0 Å². The number of carbonyl (C=O) groups excluding carboxylic acids is 1. The van der Waals surface area contributed by atoms with E-state index in [0.29, 0.717) is 32.1 Å². The highest BCUT2D eigenvalue weighted by atomic mass is 127. The number of carbonyl (C=O) groups is 1. The molecule has 1 aromatic rings. The van der Waals surface area contributed by atoms with Gasteiger partial charge in [0, 0.05) is 38.2 Å². The molecule has 170 valence electrons. The highest BCUT2D eigenvalue weighted by molar-refractivity contribution is 14.0. The van der Waals surface area contributed by atoms with Crippen LogP contribution in [0.3, 0.4) is 0 Å². The predicted octanol–water partition coefficient (Wildman–Crippen LogP) is 3.14. The van der Waals surface area contributed by atoms with Crippen molar-refractivity contribution in [1.29, 1.82) is 0 Å². The average Bonchev–Trinajstić information content (AvgIpc) is 3.23. The normalized spacial score (nSPS) is 16.0. The smallest absolute Gasteiger partial charge is 0.221 e. The molecule has 1 amide bonds. The topological polar surface area (TPSA) is 84.0 Å². The zero-order valence-corrected chi connectivity index (χ0v) is 20.8. The molecule has 1 fully saturated rings. The molecule has 2 rings (SSSR count). The fourth-order valence-corrected chi connectivity index (χ4v) is 3.04. The van der Waals surface area contributed by atoms with Crippen LogP contribution in [-0.2, 0) is 16.1 Å². The Kier molecular flexibility index (Phi) is 13.5. The van der Waals surface area contributed by atoms with Gasteiger partial charge in [0.2, 0.25) is 5.91 Å². The summed E-state index contributed by atoms with van der Waals surface area (Å²) in [4.78, 5) is 16.4. The third-order valence-electron chi connectivity index (χ3n) is 4.64. The Morgan fingerprint density at radius 1 is 1.23 bits per heavy atom. The standard InChI is InChI=1S/C22H36N4O3.HI/c1-4-11-24-21(27)10-12-25-22(23-5-2)26-15-18-9-8-17(3)14-20(18)29-16-19-7-6-13-28-19;/h8-9,14,19H,4-7,10-13,15-16H2,1-3H3,(H,24,27)(H2,23,25,26);1H. The minimum atomic E-state index is 0. The Labute approximate surface area is 197 Å². The zero-order valence-electron chi connectivity index (χ0n) is 18.5. The molecule has 1 heterocycles. The summed E-state index contributed by atoms with van der Waals surface area (Å²) in [5.74, 6) is 1.61. The van der Waals surface area contributed by atoms with Crippen molar-refractivity contribution in [3.63, 3.8) is 0 Å². The number of nitrogens with zero attached hydrogens (tertiary/aromatic N) is 1. The molecule has 0 aromatic heterocycles. The van der Waals surface area contributed by atoms with Gasteiger partial charge < -0.3 is 25.4 Å². The number of ether oxygens (including phenoxy) is 2. The summed E-state index contributed by atoms with van der Waals surface area (Å²) in [5, 5.41) is 9.33. The van der Waals surface area contributed by atoms with Crippen LogP contribution in [0.2, 0.25) is 0 Å². The number of rotatable bonds is 11. The Balaban J connectivity index is 0.00000450. The minimum absolute atomic E-state index is 0. The molecule has 8 heteroatoms. The van der Waals surface area contributed by atoms with Gasteiger partial charge >= 0.3 is 0 Å². The average molecular weight is 532 g/mol. The van der Waals surface area contributed by atoms with E-state index in [9.17, 15) is 4.79 Å². The molecule has 1 atom stereocenters. The summed E-state index contributed by atoms with van der Waals surface area (Å²) >= 11 is 0. The highest BCUT2D eigenvalue weighted by Gasteiger charge is 2.17. The Bertz CT molecular complexity index is 664. The van der Waals surface area contributed by atoms with Crippen molar-refractivity contribution in [3.8, 4) is 5.75 Å². The number of aryl methyl sites for hydroxylation is 1. The Morgan fingerprint density at radius 3 is 2.77 bits per heavy atom. The van der Waals surface area contributed by atoms with Crippen LogP contribution in [-0.4, -0.2) is 50.8 Å². The van der Waals surface area contributed by atoms with Gasteiger partial charge in [-0.2, -0.15) is 0 Å². The highest BCUT2D eigenvalue weighted by Crippen LogP contribution is 2.23. The lowest BCUT2D eigenvalue weighted by atomic mass is 10.1. The number of guanidine groups is 1. The molecular weight excluding hydrogens is 495 g/mol. The summed E-state index contributed by atoms with van der Waals surface area (Å²) in [6.07, 6.45) is 3.71. The molecule has 0 radical (unpaired) electrons. The molecule has 0 saturated carbocycles. The minimum Gasteiger partial charge on any atom is -0.491 e. The van der Waals surface area contributed by atoms with Crippen LogP contribution in [0, 0.1) is 6.92 Å². The number of nitrogens with one attached hydrogen (secondary N) is 3. The maximum Gasteiger partial charge on any atom is 0.221 e. The van der Waals surface area contributed by atoms with E-state index in [1.165, 1.54) is 0 Å². The lowest BCUT2D eigenvalue weighted by Gasteiger charge is -2.15. The third kappa shape index (κ3) is 9.97. The molecule has 1 aromatic carbocycles. The first-order valence-corrected chi connectivity index (χ1v) is 10.7. The van der Waals surface area contributed by atoms with E-state index in [-0.39, 0.29) is 36.0 Å². The van der Waals surface area contributed by atoms with Gasteiger partial charge in [-0.25, -0.2) is 4.99 Å². The largest absolute Gasteiger partial charge is 0.491 e. The van der Waals surface area contributed by atoms with Crippen molar-refractivity contribution in [2.75, 3.05) is 32.8 Å². The molecule has 0 spiro atoms.